The molecular weight excluding hydrogens is 2010 g/mol. The smallest absolute Gasteiger partial charge is 0.336 e. The molecule has 17 rings (SSSR count). The number of benzene rings is 3. The Bertz CT molecular complexity index is 6440. The van der Waals surface area contributed by atoms with Crippen molar-refractivity contribution >= 4 is 131 Å². The van der Waals surface area contributed by atoms with E-state index in [2.05, 4.69) is 93.2 Å². The zero-order chi connectivity index (χ0) is 101. The van der Waals surface area contributed by atoms with Gasteiger partial charge in [0.25, 0.3) is 16.7 Å². The molecule has 52 heteroatoms. The van der Waals surface area contributed by atoms with Crippen molar-refractivity contribution in [3.63, 3.8) is 0 Å². The first-order valence-corrected chi connectivity index (χ1v) is 43.9. The molecule has 5 aliphatic heterocycles. The molecule has 5 unspecified atom stereocenters. The monoisotopic (exact) mass is 2110 g/mol. The van der Waals surface area contributed by atoms with Gasteiger partial charge < -0.3 is 118 Å². The van der Waals surface area contributed by atoms with E-state index < -0.39 is 110 Å². The molecule has 12 N–H and O–H groups in total. The topological polar surface area (TPSA) is 625 Å². The van der Waals surface area contributed by atoms with Gasteiger partial charge in [0.1, 0.15) is 89.6 Å². The number of nitrogens with zero attached hydrogens (tertiary/aromatic N) is 16. The number of imidazole rings is 4. The van der Waals surface area contributed by atoms with Gasteiger partial charge in [-0.15, -0.1) is 12.3 Å². The molecule has 744 valence electrons. The number of methoxy groups -OCH3 is 10. The Morgan fingerprint density at radius 2 is 0.921 bits per heavy atom. The molecule has 18 atom stereocenters. The second-order valence-electron chi connectivity index (χ2n) is 30.9. The van der Waals surface area contributed by atoms with Crippen LogP contribution in [0.15, 0.2) is 165 Å². The van der Waals surface area contributed by atoms with Crippen LogP contribution in [0.1, 0.15) is 69.1 Å². The number of nitrogen functional groups attached to an aromatic ring is 3. The van der Waals surface area contributed by atoms with E-state index in [0.29, 0.717) is 107 Å². The van der Waals surface area contributed by atoms with Crippen LogP contribution in [0, 0.1) is 15.9 Å². The van der Waals surface area contributed by atoms with Gasteiger partial charge in [0.15, 0.2) is 101 Å². The van der Waals surface area contributed by atoms with Crippen LogP contribution in [0.25, 0.3) is 50.7 Å². The highest BCUT2D eigenvalue weighted by Crippen LogP contribution is 2.39. The number of quaternary nitrogens is 1. The lowest BCUT2D eigenvalue weighted by molar-refractivity contribution is -0.166. The predicted octanol–water partition coefficient (Wildman–Crippen LogP) is 3.98. The highest BCUT2D eigenvalue weighted by molar-refractivity contribution is 14.1. The van der Waals surface area contributed by atoms with E-state index in [0.717, 1.165) is 10.6 Å². The number of aromatic nitrogens is 18. The van der Waals surface area contributed by atoms with Gasteiger partial charge >= 0.3 is 29.5 Å². The Hall–Kier alpha value is -12.6. The second-order valence-corrected chi connectivity index (χ2v) is 32.7. The number of para-hydroxylation sites is 3. The minimum absolute atomic E-state index is 0.0360. The van der Waals surface area contributed by atoms with E-state index in [1.807, 2.05) is 51.5 Å². The molecule has 0 saturated carbocycles. The number of rotatable bonds is 25. The first kappa shape index (κ1) is 107. The molecule has 5 fully saturated rings. The molecule has 9 aromatic heterocycles. The lowest BCUT2D eigenvalue weighted by atomic mass is 10.2. The van der Waals surface area contributed by atoms with E-state index in [1.165, 1.54) is 84.6 Å². The Kier molecular flexibility index (Phi) is 38.3. The van der Waals surface area contributed by atoms with Crippen LogP contribution in [-0.4, -0.2) is 293 Å². The fourth-order valence-corrected chi connectivity index (χ4v) is 15.1. The number of hydrogen-bond donors (Lipinski definition) is 9. The summed E-state index contributed by atoms with van der Waals surface area (Å²) in [6.07, 6.45) is 6.97. The Morgan fingerprint density at radius 1 is 0.511 bits per heavy atom. The third-order valence-corrected chi connectivity index (χ3v) is 22.2. The molecule has 14 heterocycles. The number of terminal acetylenes is 1. The zero-order valence-corrected chi connectivity index (χ0v) is 80.9. The summed E-state index contributed by atoms with van der Waals surface area (Å²) in [6, 6.07) is 26.5. The van der Waals surface area contributed by atoms with Gasteiger partial charge in [-0.1, -0.05) is 61.2 Å². The lowest BCUT2D eigenvalue weighted by Crippen LogP contribution is -2.39. The number of aliphatic hydroxyl groups is 3. The standard InChI is InChI=1S/C20H21N5O6.C14H21N5O4.C12H12O2.C11H14BrN5O4.C11H15N5O4.C10H13IN2O6.C9H8O2/c1-28-16-15(27)19(31-20(16)29-2)25-10-22-14-17(21)23-12(24-18(14)25)8-9-13(26)30-11-6-4-3-5-7-11;1-19(2,3)14-16-11-10(12(20)17-14)15-7-18(11)9-6-8(21-4)13(22-5)23-9;1-2-3-5-10-12(13)14-11-8-6-4-7-9-11;1-19-6-5(18)9(21-10(6)20-2)17-3-14-4-7(13)15-11(12)16-8(4)17;1-18-5-3-6(20-10(5)19-2)16-4-13-7-8(16)14-11(12)15-9(7)17;1-17-6-5(14)8(19-9(6)18-2)13-3-4(11)7(15)12-10(13)16;1-2-9(10)11-8-6-4-3-5-7-8/h3-10,15-16,19-20,27H,1-2H3,(H2,21,23,24);7-9,13H,6H2,1-5H3;1,4,6-9H,3,5,10H2;3,5-6,9-10,18H,1-2H3,(H2,13,15,16);4-6,10H,3H2,1-2H3,(H3,12,14,15,17);3,5-6,8-9,14H,1-2H3,(H,12,15,16);2-7H,1H2/p+1/b9-8+;;;;;;/t15-,16?,19+,20-;8?,9-,13+;;5-,6?,9+,10-;5?,6-,10+;5-,6?,8+,9-;/m01.010./s1. The maximum atomic E-state index is 12.2. The van der Waals surface area contributed by atoms with Crippen molar-refractivity contribution in [3.05, 3.63) is 197 Å². The van der Waals surface area contributed by atoms with E-state index in [9.17, 15) is 48.9 Å². The number of nitrogens with two attached hydrogens (primary N) is 3. The normalized spacial score (nSPS) is 23.5. The largest absolute Gasteiger partial charge is 0.427 e. The van der Waals surface area contributed by atoms with Crippen molar-refractivity contribution < 1.29 is 115 Å². The summed E-state index contributed by atoms with van der Waals surface area (Å²) >= 11 is 4.97. The van der Waals surface area contributed by atoms with Crippen LogP contribution < -0.4 is 58.3 Å². The molecule has 0 aliphatic carbocycles. The van der Waals surface area contributed by atoms with Crippen molar-refractivity contribution in [2.45, 2.75) is 144 Å². The highest BCUT2D eigenvalue weighted by atomic mass is 127. The van der Waals surface area contributed by atoms with Crippen molar-refractivity contribution in [3.8, 4) is 29.6 Å². The van der Waals surface area contributed by atoms with Crippen LogP contribution in [0.5, 0.6) is 17.2 Å². The van der Waals surface area contributed by atoms with Gasteiger partial charge in [-0.3, -0.25) is 61.4 Å². The highest BCUT2D eigenvalue weighted by Gasteiger charge is 2.49. The van der Waals surface area contributed by atoms with E-state index in [1.54, 1.807) is 132 Å². The molecule has 139 heavy (non-hydrogen) atoms. The number of hydrogen-bond acceptors (Lipinski definition) is 41. The predicted molar refractivity (Wildman–Crippen MR) is 505 cm³/mol. The summed E-state index contributed by atoms with van der Waals surface area (Å²) in [5, 5.41) is 31.1. The van der Waals surface area contributed by atoms with Crippen LogP contribution in [0.2, 0.25) is 0 Å². The van der Waals surface area contributed by atoms with Crippen molar-refractivity contribution in [2.75, 3.05) is 109 Å². The number of esters is 3. The third kappa shape index (κ3) is 26.3. The second kappa shape index (κ2) is 49.8. The summed E-state index contributed by atoms with van der Waals surface area (Å²) in [5.74, 6) is 3.86. The quantitative estimate of drug-likeness (QED) is 0.00571. The summed E-state index contributed by atoms with van der Waals surface area (Å²) in [7, 11) is 20.8. The Labute approximate surface area is 812 Å². The van der Waals surface area contributed by atoms with Gasteiger partial charge in [0.05, 0.1) is 50.0 Å². The van der Waals surface area contributed by atoms with E-state index in [-0.39, 0.29) is 70.7 Å². The summed E-state index contributed by atoms with van der Waals surface area (Å²) in [5.41, 5.74) is 18.5. The number of nitrogens with one attached hydrogen (secondary N) is 3. The Morgan fingerprint density at radius 3 is 1.35 bits per heavy atom. The number of unbranched alkanes of at least 4 members (excludes halogenated alkanes) is 1. The number of carbonyl (C=O) groups excluding carboxylic acids is 3. The van der Waals surface area contributed by atoms with Crippen LogP contribution in [0.4, 0.5) is 23.5 Å². The molecule has 50 nitrogen and oxygen atoms in total. The molecule has 5 aliphatic rings. The number of H-pyrrole nitrogens is 3. The molecule has 12 aromatic rings. The fraction of sp³-hybridized carbons (Fsp3) is 0.414. The number of aliphatic hydroxyl groups excluding tert-OH is 3. The number of aromatic amines is 3. The first-order valence-electron chi connectivity index (χ1n) is 42.0. The number of anilines is 3. The van der Waals surface area contributed by atoms with Gasteiger partial charge in [-0.25, -0.2) is 54.3 Å². The number of carbonyl (C=O) groups is 3. The maximum absolute atomic E-state index is 12.2. The molecule has 3 aromatic carbocycles. The van der Waals surface area contributed by atoms with E-state index in [4.69, 9.17) is 109 Å². The van der Waals surface area contributed by atoms with Crippen molar-refractivity contribution in [2.24, 2.45) is 0 Å². The first-order chi connectivity index (χ1) is 66.7. The third-order valence-electron chi connectivity index (χ3n) is 21.0. The fourth-order valence-electron chi connectivity index (χ4n) is 14.3. The van der Waals surface area contributed by atoms with Crippen molar-refractivity contribution in [1.82, 2.24) is 92.1 Å². The van der Waals surface area contributed by atoms with Gasteiger partial charge in [0, 0.05) is 115 Å². The van der Waals surface area contributed by atoms with Crippen molar-refractivity contribution in [1.29, 1.82) is 0 Å². The lowest BCUT2D eigenvalue weighted by Gasteiger charge is -2.21. The zero-order valence-electron chi connectivity index (χ0n) is 77.2. The molecule has 0 radical (unpaired) electrons. The van der Waals surface area contributed by atoms with Crippen LogP contribution in [-0.2, 0) is 85.4 Å². The molecule has 0 amide bonds. The average Bonchev–Trinajstić information content (AvgIpc) is 1.63. The molecule has 0 spiro atoms. The molecule has 0 bridgehead atoms. The Balaban J connectivity index is 0.000000158. The average molecular weight is 2110 g/mol. The number of fused-ring (bicyclic) bond motifs is 4. The van der Waals surface area contributed by atoms with Gasteiger partial charge in [-0.2, -0.15) is 9.97 Å². The SMILES string of the molecule is C#CCCCC(=O)Oc1ccccc1.C=CC(=O)Oc1ccccc1.COC1C[C@H](n2cnc3c(=O)[nH]c(N)nc32)O[C@@H]1OC.COC1C[C@H](n2cnc3c(=O)[nH]c([N+](C)(C)C)nc32)O[C@@H]1OC.COC1[C@@H](OC)O[C@@H](n2cc(I)c(=O)[nH]c2=O)[C@H]1O.COC1[C@@H](OC)O[C@@H](n2cnc3c(N)nc(/C=C/C(=O)Oc4ccccc4)nc32)[C@H]1O.COC1[C@@H](OC)O[C@@H](n2cnc3c(N)nc(Br)nc32)[C@H]1O. The van der Waals surface area contributed by atoms with E-state index >= 15 is 0 Å². The summed E-state index contributed by atoms with van der Waals surface area (Å²) in [6.45, 7) is 3.28. The number of halogens is 2. The number of ether oxygens (including phenoxy) is 18. The molecule has 5 saturated heterocycles. The van der Waals surface area contributed by atoms with Crippen LogP contribution >= 0.6 is 38.5 Å². The minimum atomic E-state index is -1.09. The maximum Gasteiger partial charge on any atom is 0.336 e. The molecular formula is C87H105BrIN22O28+. The van der Waals surface area contributed by atoms with Crippen LogP contribution in [0.3, 0.4) is 0 Å². The van der Waals surface area contributed by atoms with Gasteiger partial charge in [-0.05, 0) is 87.4 Å². The minimum Gasteiger partial charge on any atom is -0.427 e. The van der Waals surface area contributed by atoms with Gasteiger partial charge in [0.2, 0.25) is 10.7 Å². The summed E-state index contributed by atoms with van der Waals surface area (Å²) < 4.78 is 104. The summed E-state index contributed by atoms with van der Waals surface area (Å²) in [4.78, 5) is 130.